The van der Waals surface area contributed by atoms with E-state index in [4.69, 9.17) is 9.72 Å². The molecule has 3 aromatic carbocycles. The highest BCUT2D eigenvalue weighted by atomic mass is 19.1. The van der Waals surface area contributed by atoms with E-state index in [1.165, 1.54) is 34.4 Å². The van der Waals surface area contributed by atoms with Gasteiger partial charge in [0.1, 0.15) is 5.82 Å². The minimum Gasteiger partial charge on any atom is -0.475 e. The van der Waals surface area contributed by atoms with Crippen molar-refractivity contribution in [3.63, 3.8) is 0 Å². The highest BCUT2D eigenvalue weighted by Crippen LogP contribution is 2.48. The Kier molecular flexibility index (Phi) is 7.84. The van der Waals surface area contributed by atoms with E-state index in [1.807, 2.05) is 26.0 Å². The maximum absolute atomic E-state index is 14.5. The Labute approximate surface area is 277 Å². The topological polar surface area (TPSA) is 42.4 Å². The SMILES string of the molecule is Cc1ccc2c3c(ccc2c1)C1=C(CCC=C1)C(C1CCN(Cc2cc(C4CC4)c(-c4ccc(F)cc4)nc2OC(C)C)CC1)C3=O. The molecule has 4 aromatic rings. The smallest absolute Gasteiger partial charge is 0.218 e. The number of benzene rings is 3. The maximum Gasteiger partial charge on any atom is 0.218 e. The van der Waals surface area contributed by atoms with Crippen LogP contribution < -0.4 is 4.74 Å². The molecular formula is C42H43FN2O2. The predicted molar refractivity (Wildman–Crippen MR) is 187 cm³/mol. The number of halogens is 1. The van der Waals surface area contributed by atoms with Gasteiger partial charge in [-0.15, -0.1) is 0 Å². The molecule has 2 heterocycles. The number of pyridine rings is 1. The van der Waals surface area contributed by atoms with Crippen LogP contribution in [0.5, 0.6) is 5.88 Å². The number of carbonyl (C=O) groups excluding carboxylic acids is 1. The summed E-state index contributed by atoms with van der Waals surface area (Å²) in [5, 5.41) is 2.24. The number of aryl methyl sites for hydroxylation is 1. The van der Waals surface area contributed by atoms with Crippen LogP contribution in [0, 0.1) is 24.6 Å². The van der Waals surface area contributed by atoms with E-state index >= 15 is 0 Å². The van der Waals surface area contributed by atoms with E-state index in [0.29, 0.717) is 23.5 Å². The van der Waals surface area contributed by atoms with E-state index in [0.717, 1.165) is 96.9 Å². The number of ketones is 1. The molecule has 0 spiro atoms. The first-order valence-electron chi connectivity index (χ1n) is 17.5. The molecule has 4 nitrogen and oxygen atoms in total. The van der Waals surface area contributed by atoms with Gasteiger partial charge in [0, 0.05) is 29.2 Å². The molecule has 1 aromatic heterocycles. The lowest BCUT2D eigenvalue weighted by atomic mass is 9.66. The normalized spacial score (nSPS) is 20.2. The standard InChI is InChI=1S/C42H43FN2O2/c1-25(2)47-42-31(23-37(27-9-10-27)40(44-42)29-11-14-32(43)15-12-29)24-45-20-18-28(19-21-45)38-35-7-5-4-6-34(35)36-17-13-30-22-26(3)8-16-33(30)39(36)41(38)46/h4,6,8,11-17,22-23,25,27-28,38H,5,7,9-10,18-21,24H2,1-3H3. The Morgan fingerprint density at radius 3 is 2.51 bits per heavy atom. The van der Waals surface area contributed by atoms with Gasteiger partial charge >= 0.3 is 0 Å². The lowest BCUT2D eigenvalue weighted by Gasteiger charge is -2.40. The molecule has 0 N–H and O–H groups in total. The summed E-state index contributed by atoms with van der Waals surface area (Å²) in [5.74, 6) is 1.54. The van der Waals surface area contributed by atoms with Crippen LogP contribution in [-0.4, -0.2) is 34.9 Å². The number of hydrogen-bond donors (Lipinski definition) is 0. The number of rotatable bonds is 7. The lowest BCUT2D eigenvalue weighted by Crippen LogP contribution is -2.40. The van der Waals surface area contributed by atoms with Crippen LogP contribution in [0.4, 0.5) is 4.39 Å². The predicted octanol–water partition coefficient (Wildman–Crippen LogP) is 9.84. The highest BCUT2D eigenvalue weighted by molar-refractivity contribution is 6.17. The zero-order chi connectivity index (χ0) is 32.2. The first kappa shape index (κ1) is 30.3. The summed E-state index contributed by atoms with van der Waals surface area (Å²) < 4.78 is 20.1. The number of aromatic nitrogens is 1. The molecule has 1 saturated carbocycles. The highest BCUT2D eigenvalue weighted by Gasteiger charge is 2.41. The molecule has 3 aliphatic carbocycles. The third kappa shape index (κ3) is 5.73. The molecule has 47 heavy (non-hydrogen) atoms. The van der Waals surface area contributed by atoms with Gasteiger partial charge in [0.05, 0.1) is 11.8 Å². The Hall–Kier alpha value is -4.09. The van der Waals surface area contributed by atoms with Crippen molar-refractivity contribution in [2.75, 3.05) is 13.1 Å². The van der Waals surface area contributed by atoms with E-state index in [-0.39, 0.29) is 17.8 Å². The number of carbonyl (C=O) groups is 1. The van der Waals surface area contributed by atoms with E-state index in [2.05, 4.69) is 60.4 Å². The van der Waals surface area contributed by atoms with E-state index in [1.54, 1.807) is 0 Å². The molecule has 8 rings (SSSR count). The van der Waals surface area contributed by atoms with Gasteiger partial charge in [0.15, 0.2) is 5.78 Å². The number of ether oxygens (including phenoxy) is 1. The van der Waals surface area contributed by atoms with Crippen LogP contribution in [0.2, 0.25) is 0 Å². The summed E-state index contributed by atoms with van der Waals surface area (Å²) in [6, 6.07) is 19.8. The molecule has 1 unspecified atom stereocenters. The van der Waals surface area contributed by atoms with Crippen LogP contribution in [0.1, 0.15) is 90.9 Å². The number of Topliss-reactive ketones (excluding diaryl/α,β-unsaturated/α-hetero) is 1. The van der Waals surface area contributed by atoms with Crippen molar-refractivity contribution in [3.8, 4) is 17.1 Å². The zero-order valence-electron chi connectivity index (χ0n) is 27.7. The molecule has 1 saturated heterocycles. The second-order valence-electron chi connectivity index (χ2n) is 14.4. The van der Waals surface area contributed by atoms with Crippen LogP contribution in [-0.2, 0) is 6.54 Å². The summed E-state index contributed by atoms with van der Waals surface area (Å²) in [6.07, 6.45) is 10.8. The number of likely N-dealkylation sites (tertiary alicyclic amines) is 1. The second-order valence-corrected chi connectivity index (χ2v) is 14.4. The summed E-state index contributed by atoms with van der Waals surface area (Å²) in [7, 11) is 0. The Bertz CT molecular complexity index is 1930. The summed E-state index contributed by atoms with van der Waals surface area (Å²) in [4.78, 5) is 22.2. The van der Waals surface area contributed by atoms with Crippen molar-refractivity contribution in [3.05, 3.63) is 112 Å². The van der Waals surface area contributed by atoms with E-state index < -0.39 is 0 Å². The van der Waals surface area contributed by atoms with Gasteiger partial charge in [0.25, 0.3) is 0 Å². The molecule has 4 aliphatic rings. The van der Waals surface area contributed by atoms with Crippen LogP contribution in [0.3, 0.4) is 0 Å². The summed E-state index contributed by atoms with van der Waals surface area (Å²) in [5.41, 5.74) is 10.1. The van der Waals surface area contributed by atoms with E-state index in [9.17, 15) is 9.18 Å². The minimum absolute atomic E-state index is 0.00738. The minimum atomic E-state index is -0.240. The van der Waals surface area contributed by atoms with Gasteiger partial charge in [-0.3, -0.25) is 9.69 Å². The molecule has 1 atom stereocenters. The number of hydrogen-bond acceptors (Lipinski definition) is 4. The zero-order valence-corrected chi connectivity index (χ0v) is 27.7. The molecule has 1 aliphatic heterocycles. The van der Waals surface area contributed by atoms with Crippen molar-refractivity contribution >= 4 is 22.1 Å². The fourth-order valence-electron chi connectivity index (χ4n) is 8.24. The van der Waals surface area contributed by atoms with Gasteiger partial charge < -0.3 is 4.74 Å². The molecule has 240 valence electrons. The van der Waals surface area contributed by atoms with Crippen LogP contribution in [0.25, 0.3) is 27.6 Å². The summed E-state index contributed by atoms with van der Waals surface area (Å²) >= 11 is 0. The quantitative estimate of drug-likeness (QED) is 0.205. The van der Waals surface area contributed by atoms with Crippen molar-refractivity contribution < 1.29 is 13.9 Å². The number of nitrogens with zero attached hydrogens (tertiary/aromatic N) is 2. The van der Waals surface area contributed by atoms with Gasteiger partial charge in [0.2, 0.25) is 5.88 Å². The molecule has 5 heteroatoms. The van der Waals surface area contributed by atoms with Crippen molar-refractivity contribution in [1.29, 1.82) is 0 Å². The molecule has 2 fully saturated rings. The van der Waals surface area contributed by atoms with Gasteiger partial charge in [-0.05, 0) is 142 Å². The summed E-state index contributed by atoms with van der Waals surface area (Å²) in [6.45, 7) is 8.84. The average molecular weight is 627 g/mol. The number of piperidine rings is 1. The maximum atomic E-state index is 14.5. The van der Waals surface area contributed by atoms with Crippen molar-refractivity contribution in [1.82, 2.24) is 9.88 Å². The fraction of sp³-hybridized carbons (Fsp3) is 0.381. The largest absolute Gasteiger partial charge is 0.475 e. The Balaban J connectivity index is 1.06. The average Bonchev–Trinajstić information content (AvgIpc) is 3.92. The fourth-order valence-corrected chi connectivity index (χ4v) is 8.24. The third-order valence-electron chi connectivity index (χ3n) is 10.7. The second kappa shape index (κ2) is 12.2. The van der Waals surface area contributed by atoms with Gasteiger partial charge in [-0.2, -0.15) is 0 Å². The molecule has 0 radical (unpaired) electrons. The molecular weight excluding hydrogens is 583 g/mol. The molecule has 0 amide bonds. The van der Waals surface area contributed by atoms with Crippen molar-refractivity contribution in [2.24, 2.45) is 11.8 Å². The first-order valence-corrected chi connectivity index (χ1v) is 17.5. The van der Waals surface area contributed by atoms with Crippen LogP contribution >= 0.6 is 0 Å². The van der Waals surface area contributed by atoms with Crippen molar-refractivity contribution in [2.45, 2.75) is 77.9 Å². The monoisotopic (exact) mass is 626 g/mol. The third-order valence-corrected chi connectivity index (χ3v) is 10.7. The van der Waals surface area contributed by atoms with Gasteiger partial charge in [-0.1, -0.05) is 53.6 Å². The Morgan fingerprint density at radius 2 is 1.77 bits per heavy atom. The number of allylic oxidation sites excluding steroid dienone is 4. The number of fused-ring (bicyclic) bond motifs is 4. The van der Waals surface area contributed by atoms with Gasteiger partial charge in [-0.25, -0.2) is 9.37 Å². The molecule has 0 bridgehead atoms. The Morgan fingerprint density at radius 1 is 0.979 bits per heavy atom. The van der Waals surface area contributed by atoms with Crippen LogP contribution in [0.15, 0.2) is 78.4 Å². The first-order chi connectivity index (χ1) is 22.8. The lowest BCUT2D eigenvalue weighted by molar-refractivity contribution is 0.0829.